The van der Waals surface area contributed by atoms with E-state index in [4.69, 9.17) is 9.97 Å². The summed E-state index contributed by atoms with van der Waals surface area (Å²) in [6.45, 7) is 1.68. The molecule has 4 aromatic rings. The molecule has 1 aromatic carbocycles. The van der Waals surface area contributed by atoms with E-state index in [1.807, 2.05) is 47.8 Å². The SMILES string of the molecule is O=C(NC1CCN(c2nc(-c3ccncc3)nc3ccccc23)CC1)c1cccs1. The number of anilines is 1. The Labute approximate surface area is 178 Å². The first-order chi connectivity index (χ1) is 14.8. The second-order valence-corrected chi connectivity index (χ2v) is 8.28. The maximum Gasteiger partial charge on any atom is 0.261 e. The highest BCUT2D eigenvalue weighted by atomic mass is 32.1. The Balaban J connectivity index is 1.38. The van der Waals surface area contributed by atoms with Gasteiger partial charge in [0.2, 0.25) is 0 Å². The normalized spacial score (nSPS) is 14.7. The number of rotatable bonds is 4. The Bertz CT molecular complexity index is 1150. The average molecular weight is 416 g/mol. The van der Waals surface area contributed by atoms with Crippen molar-refractivity contribution in [3.05, 3.63) is 71.2 Å². The molecule has 0 radical (unpaired) electrons. The summed E-state index contributed by atoms with van der Waals surface area (Å²) in [5.41, 5.74) is 1.89. The second kappa shape index (κ2) is 8.20. The third kappa shape index (κ3) is 3.76. The molecule has 0 unspecified atom stereocenters. The van der Waals surface area contributed by atoms with Crippen molar-refractivity contribution in [2.75, 3.05) is 18.0 Å². The minimum atomic E-state index is 0.0240. The van der Waals surface area contributed by atoms with Gasteiger partial charge in [-0.15, -0.1) is 11.3 Å². The first-order valence-electron chi connectivity index (χ1n) is 10.0. The van der Waals surface area contributed by atoms with Gasteiger partial charge in [-0.05, 0) is 48.6 Å². The number of nitrogens with one attached hydrogen (secondary N) is 1. The van der Waals surface area contributed by atoms with E-state index in [9.17, 15) is 4.79 Å². The Kier molecular flexibility index (Phi) is 5.11. The zero-order chi connectivity index (χ0) is 20.3. The van der Waals surface area contributed by atoms with Crippen molar-refractivity contribution in [1.29, 1.82) is 0 Å². The van der Waals surface area contributed by atoms with Gasteiger partial charge in [-0.2, -0.15) is 0 Å². The van der Waals surface area contributed by atoms with Gasteiger partial charge in [0.25, 0.3) is 5.91 Å². The molecule has 1 aliphatic rings. The van der Waals surface area contributed by atoms with Crippen LogP contribution in [0.25, 0.3) is 22.3 Å². The maximum absolute atomic E-state index is 12.4. The fourth-order valence-corrected chi connectivity index (χ4v) is 4.46. The van der Waals surface area contributed by atoms with Crippen molar-refractivity contribution in [3.8, 4) is 11.4 Å². The van der Waals surface area contributed by atoms with Gasteiger partial charge in [-0.1, -0.05) is 18.2 Å². The molecular formula is C23H21N5OS. The van der Waals surface area contributed by atoms with Crippen LogP contribution in [0.2, 0.25) is 0 Å². The molecule has 30 heavy (non-hydrogen) atoms. The number of benzene rings is 1. The number of fused-ring (bicyclic) bond motifs is 1. The molecule has 3 aromatic heterocycles. The van der Waals surface area contributed by atoms with Crippen LogP contribution in [0.1, 0.15) is 22.5 Å². The monoisotopic (exact) mass is 415 g/mol. The molecule has 0 aliphatic carbocycles. The molecule has 1 saturated heterocycles. The van der Waals surface area contributed by atoms with Gasteiger partial charge < -0.3 is 10.2 Å². The van der Waals surface area contributed by atoms with Crippen LogP contribution in [0.5, 0.6) is 0 Å². The van der Waals surface area contributed by atoms with Gasteiger partial charge >= 0.3 is 0 Å². The molecule has 5 rings (SSSR count). The van der Waals surface area contributed by atoms with Gasteiger partial charge in [0.1, 0.15) is 5.82 Å². The lowest BCUT2D eigenvalue weighted by Crippen LogP contribution is -2.44. The topological polar surface area (TPSA) is 71.0 Å². The first kappa shape index (κ1) is 18.7. The molecule has 150 valence electrons. The van der Waals surface area contributed by atoms with Crippen molar-refractivity contribution in [2.24, 2.45) is 0 Å². The van der Waals surface area contributed by atoms with E-state index in [2.05, 4.69) is 21.3 Å². The Morgan fingerprint density at radius 3 is 2.57 bits per heavy atom. The van der Waals surface area contributed by atoms with Crippen molar-refractivity contribution in [1.82, 2.24) is 20.3 Å². The van der Waals surface area contributed by atoms with Crippen LogP contribution in [-0.2, 0) is 0 Å². The minimum Gasteiger partial charge on any atom is -0.356 e. The predicted molar refractivity (Wildman–Crippen MR) is 120 cm³/mol. The highest BCUT2D eigenvalue weighted by Gasteiger charge is 2.24. The van der Waals surface area contributed by atoms with E-state index in [0.717, 1.165) is 53.1 Å². The average Bonchev–Trinajstić information content (AvgIpc) is 3.35. The number of hydrogen-bond acceptors (Lipinski definition) is 6. The van der Waals surface area contributed by atoms with Crippen LogP contribution in [0, 0.1) is 0 Å². The van der Waals surface area contributed by atoms with Crippen LogP contribution in [0.15, 0.2) is 66.3 Å². The van der Waals surface area contributed by atoms with Crippen molar-refractivity contribution in [2.45, 2.75) is 18.9 Å². The van der Waals surface area contributed by atoms with E-state index >= 15 is 0 Å². The Hall–Kier alpha value is -3.32. The van der Waals surface area contributed by atoms with E-state index in [1.165, 1.54) is 11.3 Å². The highest BCUT2D eigenvalue weighted by Crippen LogP contribution is 2.29. The zero-order valence-corrected chi connectivity index (χ0v) is 17.2. The molecule has 0 bridgehead atoms. The summed E-state index contributed by atoms with van der Waals surface area (Å²) in [6, 6.07) is 15.9. The largest absolute Gasteiger partial charge is 0.356 e. The van der Waals surface area contributed by atoms with Crippen molar-refractivity contribution in [3.63, 3.8) is 0 Å². The molecule has 1 fully saturated rings. The van der Waals surface area contributed by atoms with E-state index in [0.29, 0.717) is 5.82 Å². The summed E-state index contributed by atoms with van der Waals surface area (Å²) in [6.07, 6.45) is 5.30. The van der Waals surface area contributed by atoms with Gasteiger partial charge in [-0.3, -0.25) is 9.78 Å². The van der Waals surface area contributed by atoms with Crippen molar-refractivity contribution >= 4 is 34.0 Å². The molecule has 4 heterocycles. The van der Waals surface area contributed by atoms with Gasteiger partial charge in [0, 0.05) is 42.5 Å². The molecule has 1 amide bonds. The second-order valence-electron chi connectivity index (χ2n) is 7.34. The summed E-state index contributed by atoms with van der Waals surface area (Å²) >= 11 is 1.47. The van der Waals surface area contributed by atoms with Gasteiger partial charge in [-0.25, -0.2) is 9.97 Å². The fourth-order valence-electron chi connectivity index (χ4n) is 3.83. The third-order valence-corrected chi connectivity index (χ3v) is 6.26. The summed E-state index contributed by atoms with van der Waals surface area (Å²) in [5, 5.41) is 6.15. The number of nitrogens with zero attached hydrogens (tertiary/aromatic N) is 4. The lowest BCUT2D eigenvalue weighted by atomic mass is 10.0. The number of amides is 1. The van der Waals surface area contributed by atoms with E-state index in [1.54, 1.807) is 12.4 Å². The van der Waals surface area contributed by atoms with Gasteiger partial charge in [0.05, 0.1) is 10.4 Å². The van der Waals surface area contributed by atoms with Crippen LogP contribution in [-0.4, -0.2) is 40.0 Å². The number of carbonyl (C=O) groups is 1. The molecule has 7 heteroatoms. The lowest BCUT2D eigenvalue weighted by Gasteiger charge is -2.33. The number of carbonyl (C=O) groups excluding carboxylic acids is 1. The van der Waals surface area contributed by atoms with E-state index < -0.39 is 0 Å². The quantitative estimate of drug-likeness (QED) is 0.542. The highest BCUT2D eigenvalue weighted by molar-refractivity contribution is 7.12. The van der Waals surface area contributed by atoms with Crippen molar-refractivity contribution < 1.29 is 4.79 Å². The fraction of sp³-hybridized carbons (Fsp3) is 0.217. The zero-order valence-electron chi connectivity index (χ0n) is 16.4. The van der Waals surface area contributed by atoms with E-state index in [-0.39, 0.29) is 11.9 Å². The summed E-state index contributed by atoms with van der Waals surface area (Å²) in [7, 11) is 0. The molecule has 0 spiro atoms. The Morgan fingerprint density at radius 1 is 1.00 bits per heavy atom. The Morgan fingerprint density at radius 2 is 1.80 bits per heavy atom. The molecule has 1 N–H and O–H groups in total. The summed E-state index contributed by atoms with van der Waals surface area (Å²) in [4.78, 5) is 29.2. The molecule has 6 nitrogen and oxygen atoms in total. The van der Waals surface area contributed by atoms with Crippen LogP contribution in [0.3, 0.4) is 0 Å². The van der Waals surface area contributed by atoms with Crippen LogP contribution in [0.4, 0.5) is 5.82 Å². The first-order valence-corrected chi connectivity index (χ1v) is 10.9. The number of aromatic nitrogens is 3. The van der Waals surface area contributed by atoms with Crippen LogP contribution < -0.4 is 10.2 Å². The number of thiophene rings is 1. The molecule has 0 atom stereocenters. The predicted octanol–water partition coefficient (Wildman–Crippen LogP) is 4.15. The molecular weight excluding hydrogens is 394 g/mol. The number of pyridine rings is 1. The lowest BCUT2D eigenvalue weighted by molar-refractivity contribution is 0.0935. The number of piperidine rings is 1. The summed E-state index contributed by atoms with van der Waals surface area (Å²) in [5.74, 6) is 1.69. The molecule has 1 aliphatic heterocycles. The standard InChI is InChI=1S/C23H21N5OS/c29-23(20-6-3-15-30-20)25-17-9-13-28(14-10-17)22-18-4-1-2-5-19(18)26-21(27-22)16-7-11-24-12-8-16/h1-8,11-12,15,17H,9-10,13-14H2,(H,25,29). The summed E-state index contributed by atoms with van der Waals surface area (Å²) < 4.78 is 0. The smallest absolute Gasteiger partial charge is 0.261 e. The third-order valence-electron chi connectivity index (χ3n) is 5.40. The van der Waals surface area contributed by atoms with Gasteiger partial charge in [0.15, 0.2) is 5.82 Å². The minimum absolute atomic E-state index is 0.0240. The van der Waals surface area contributed by atoms with Crippen LogP contribution >= 0.6 is 11.3 Å². The number of para-hydroxylation sites is 1. The maximum atomic E-state index is 12.4. The number of hydrogen-bond donors (Lipinski definition) is 1. The molecule has 0 saturated carbocycles.